The van der Waals surface area contributed by atoms with E-state index in [-0.39, 0.29) is 24.0 Å². The van der Waals surface area contributed by atoms with Crippen LogP contribution in [0.4, 0.5) is 0 Å². The van der Waals surface area contributed by atoms with Crippen molar-refractivity contribution in [3.8, 4) is 0 Å². The van der Waals surface area contributed by atoms with Crippen molar-refractivity contribution in [3.05, 3.63) is 24.2 Å². The SMILES string of the molecule is CN=C(NCCCOCc1ccco1)NC1CCN(C2CCCC2)C1.I. The molecule has 2 heterocycles. The molecule has 2 aliphatic rings. The highest BCUT2D eigenvalue weighted by Gasteiger charge is 2.30. The fourth-order valence-corrected chi connectivity index (χ4v) is 3.84. The van der Waals surface area contributed by atoms with Gasteiger partial charge in [-0.15, -0.1) is 24.0 Å². The quantitative estimate of drug-likeness (QED) is 0.262. The van der Waals surface area contributed by atoms with Crippen LogP contribution >= 0.6 is 24.0 Å². The van der Waals surface area contributed by atoms with Gasteiger partial charge in [-0.05, 0) is 37.8 Å². The Morgan fingerprint density at radius 1 is 1.35 bits per heavy atom. The number of guanidine groups is 1. The van der Waals surface area contributed by atoms with Crippen LogP contribution in [0.1, 0.15) is 44.3 Å². The summed E-state index contributed by atoms with van der Waals surface area (Å²) in [5.74, 6) is 1.78. The van der Waals surface area contributed by atoms with E-state index in [1.807, 2.05) is 19.2 Å². The normalized spacial score (nSPS) is 21.7. The average molecular weight is 476 g/mol. The predicted molar refractivity (Wildman–Crippen MR) is 115 cm³/mol. The molecule has 1 aliphatic heterocycles. The molecular weight excluding hydrogens is 443 g/mol. The molecule has 148 valence electrons. The van der Waals surface area contributed by atoms with Crippen molar-refractivity contribution in [2.24, 2.45) is 4.99 Å². The molecule has 1 aliphatic carbocycles. The van der Waals surface area contributed by atoms with Gasteiger partial charge in [0, 0.05) is 45.4 Å². The maximum absolute atomic E-state index is 5.60. The van der Waals surface area contributed by atoms with Gasteiger partial charge in [-0.3, -0.25) is 9.89 Å². The average Bonchev–Trinajstić information content (AvgIpc) is 3.39. The van der Waals surface area contributed by atoms with E-state index in [2.05, 4.69) is 20.5 Å². The van der Waals surface area contributed by atoms with E-state index in [4.69, 9.17) is 9.15 Å². The minimum atomic E-state index is 0. The fourth-order valence-electron chi connectivity index (χ4n) is 3.84. The van der Waals surface area contributed by atoms with Gasteiger partial charge in [-0.1, -0.05) is 12.8 Å². The van der Waals surface area contributed by atoms with Gasteiger partial charge < -0.3 is 19.8 Å². The lowest BCUT2D eigenvalue weighted by Crippen LogP contribution is -2.45. The third kappa shape index (κ3) is 6.74. The van der Waals surface area contributed by atoms with Crippen molar-refractivity contribution in [1.29, 1.82) is 0 Å². The van der Waals surface area contributed by atoms with Crippen LogP contribution in [0.2, 0.25) is 0 Å². The second-order valence-electron chi connectivity index (χ2n) is 7.05. The number of likely N-dealkylation sites (tertiary alicyclic amines) is 1. The van der Waals surface area contributed by atoms with Gasteiger partial charge in [0.15, 0.2) is 5.96 Å². The molecule has 7 heteroatoms. The zero-order valence-electron chi connectivity index (χ0n) is 15.8. The van der Waals surface area contributed by atoms with Gasteiger partial charge in [-0.25, -0.2) is 0 Å². The first-order valence-electron chi connectivity index (χ1n) is 9.66. The summed E-state index contributed by atoms with van der Waals surface area (Å²) in [6.45, 7) is 4.48. The summed E-state index contributed by atoms with van der Waals surface area (Å²) in [6.07, 6.45) is 9.42. The Hall–Kier alpha value is -0.800. The molecule has 1 aromatic heterocycles. The highest BCUT2D eigenvalue weighted by molar-refractivity contribution is 14.0. The molecule has 1 saturated heterocycles. The van der Waals surface area contributed by atoms with Gasteiger partial charge >= 0.3 is 0 Å². The maximum Gasteiger partial charge on any atom is 0.191 e. The van der Waals surface area contributed by atoms with Gasteiger partial charge in [0.1, 0.15) is 12.4 Å². The van der Waals surface area contributed by atoms with Gasteiger partial charge in [0.05, 0.1) is 6.26 Å². The first kappa shape index (κ1) is 21.5. The number of furan rings is 1. The summed E-state index contributed by atoms with van der Waals surface area (Å²) < 4.78 is 10.8. The number of hydrogen-bond acceptors (Lipinski definition) is 4. The lowest BCUT2D eigenvalue weighted by Gasteiger charge is -2.24. The molecule has 2 fully saturated rings. The first-order chi connectivity index (χ1) is 12.3. The van der Waals surface area contributed by atoms with E-state index in [1.54, 1.807) is 6.26 Å². The minimum Gasteiger partial charge on any atom is -0.467 e. The topological polar surface area (TPSA) is 62.0 Å². The molecule has 1 saturated carbocycles. The van der Waals surface area contributed by atoms with Crippen LogP contribution in [0.5, 0.6) is 0 Å². The Kier molecular flexibility index (Phi) is 9.77. The van der Waals surface area contributed by atoms with Crippen molar-refractivity contribution in [3.63, 3.8) is 0 Å². The van der Waals surface area contributed by atoms with Crippen LogP contribution in [-0.4, -0.2) is 56.2 Å². The zero-order valence-corrected chi connectivity index (χ0v) is 18.1. The second kappa shape index (κ2) is 11.8. The monoisotopic (exact) mass is 476 g/mol. The molecule has 0 bridgehead atoms. The third-order valence-electron chi connectivity index (χ3n) is 5.21. The van der Waals surface area contributed by atoms with Crippen molar-refractivity contribution < 1.29 is 9.15 Å². The van der Waals surface area contributed by atoms with Crippen LogP contribution < -0.4 is 10.6 Å². The Morgan fingerprint density at radius 3 is 2.92 bits per heavy atom. The number of rotatable bonds is 8. The zero-order chi connectivity index (χ0) is 17.3. The predicted octanol–water partition coefficient (Wildman–Crippen LogP) is 2.99. The molecule has 1 unspecified atom stereocenters. The molecule has 2 N–H and O–H groups in total. The van der Waals surface area contributed by atoms with Gasteiger partial charge in [0.25, 0.3) is 0 Å². The van der Waals surface area contributed by atoms with E-state index in [0.717, 1.165) is 37.3 Å². The molecule has 6 nitrogen and oxygen atoms in total. The van der Waals surface area contributed by atoms with Crippen molar-refractivity contribution in [2.45, 2.75) is 57.2 Å². The van der Waals surface area contributed by atoms with Gasteiger partial charge in [0.2, 0.25) is 0 Å². The van der Waals surface area contributed by atoms with E-state index < -0.39 is 0 Å². The molecule has 0 amide bonds. The summed E-state index contributed by atoms with van der Waals surface area (Å²) >= 11 is 0. The highest BCUT2D eigenvalue weighted by Crippen LogP contribution is 2.26. The standard InChI is InChI=1S/C19H32N4O2.HI/c1-20-19(21-10-5-12-24-15-18-8-4-13-25-18)22-16-9-11-23(14-16)17-6-2-3-7-17;/h4,8,13,16-17H,2-3,5-7,9-12,14-15H2,1H3,(H2,20,21,22);1H. The fraction of sp³-hybridized carbons (Fsp3) is 0.737. The van der Waals surface area contributed by atoms with Crippen LogP contribution in [-0.2, 0) is 11.3 Å². The number of halogens is 1. The Labute approximate surface area is 174 Å². The molecule has 1 atom stereocenters. The van der Waals surface area contributed by atoms with Crippen molar-refractivity contribution in [1.82, 2.24) is 15.5 Å². The highest BCUT2D eigenvalue weighted by atomic mass is 127. The Balaban J connectivity index is 0.00000243. The molecule has 1 aromatic rings. The first-order valence-corrected chi connectivity index (χ1v) is 9.66. The Bertz CT molecular complexity index is 518. The molecule has 0 aromatic carbocycles. The number of ether oxygens (including phenoxy) is 1. The summed E-state index contributed by atoms with van der Waals surface area (Å²) in [7, 11) is 1.84. The summed E-state index contributed by atoms with van der Waals surface area (Å²) in [4.78, 5) is 7.02. The molecule has 0 radical (unpaired) electrons. The van der Waals surface area contributed by atoms with E-state index in [9.17, 15) is 0 Å². The van der Waals surface area contributed by atoms with Gasteiger partial charge in [-0.2, -0.15) is 0 Å². The van der Waals surface area contributed by atoms with E-state index >= 15 is 0 Å². The second-order valence-corrected chi connectivity index (χ2v) is 7.05. The summed E-state index contributed by atoms with van der Waals surface area (Å²) in [5, 5.41) is 6.97. The van der Waals surface area contributed by atoms with Crippen molar-refractivity contribution in [2.75, 3.05) is 33.3 Å². The minimum absolute atomic E-state index is 0. The van der Waals surface area contributed by atoms with Crippen LogP contribution in [0.15, 0.2) is 27.8 Å². The van der Waals surface area contributed by atoms with Crippen LogP contribution in [0.25, 0.3) is 0 Å². The van der Waals surface area contributed by atoms with E-state index in [1.165, 1.54) is 38.6 Å². The summed E-state index contributed by atoms with van der Waals surface area (Å²) in [5.41, 5.74) is 0. The Morgan fingerprint density at radius 2 is 2.19 bits per heavy atom. The third-order valence-corrected chi connectivity index (χ3v) is 5.21. The number of nitrogens with zero attached hydrogens (tertiary/aromatic N) is 2. The summed E-state index contributed by atoms with van der Waals surface area (Å²) in [6, 6.07) is 5.16. The molecule has 3 rings (SSSR count). The van der Waals surface area contributed by atoms with Crippen LogP contribution in [0.3, 0.4) is 0 Å². The van der Waals surface area contributed by atoms with E-state index in [0.29, 0.717) is 19.3 Å². The smallest absolute Gasteiger partial charge is 0.191 e. The largest absolute Gasteiger partial charge is 0.467 e. The lowest BCUT2D eigenvalue weighted by atomic mass is 10.2. The number of hydrogen-bond donors (Lipinski definition) is 2. The number of aliphatic imine (C=N–C) groups is 1. The van der Waals surface area contributed by atoms with Crippen molar-refractivity contribution >= 4 is 29.9 Å². The number of nitrogens with one attached hydrogen (secondary N) is 2. The van der Waals surface area contributed by atoms with Crippen LogP contribution in [0, 0.1) is 0 Å². The maximum atomic E-state index is 5.60. The molecular formula is C19H33IN4O2. The molecule has 26 heavy (non-hydrogen) atoms. The molecule has 0 spiro atoms. The lowest BCUT2D eigenvalue weighted by molar-refractivity contribution is 0.105.